The second-order valence-corrected chi connectivity index (χ2v) is 10.3. The molecule has 1 aliphatic carbocycles. The first-order valence-corrected chi connectivity index (χ1v) is 13.0. The molecule has 0 saturated heterocycles. The molecule has 1 fully saturated rings. The number of rotatable bonds is 5. The number of hydrogen-bond donors (Lipinski definition) is 1. The molecule has 2 unspecified atom stereocenters. The number of fused-ring (bicyclic) bond motifs is 3. The topological polar surface area (TPSA) is 107 Å². The molecule has 5 rings (SSSR count). The number of amides is 1. The van der Waals surface area contributed by atoms with Gasteiger partial charge in [0.2, 0.25) is 5.88 Å². The molecular formula is C27H31ClN4O5. The van der Waals surface area contributed by atoms with E-state index in [0.717, 1.165) is 59.5 Å². The zero-order valence-corrected chi connectivity index (χ0v) is 22.0. The van der Waals surface area contributed by atoms with Crippen molar-refractivity contribution in [1.29, 1.82) is 0 Å². The van der Waals surface area contributed by atoms with Crippen LogP contribution in [0, 0.1) is 5.92 Å². The lowest BCUT2D eigenvalue weighted by atomic mass is 9.85. The number of aliphatic carboxylic acids is 1. The third kappa shape index (κ3) is 4.61. The Morgan fingerprint density at radius 2 is 1.95 bits per heavy atom. The van der Waals surface area contributed by atoms with Gasteiger partial charge < -0.3 is 19.1 Å². The number of anilines is 1. The summed E-state index contributed by atoms with van der Waals surface area (Å²) in [6.07, 6.45) is 4.58. The molecular weight excluding hydrogens is 496 g/mol. The van der Waals surface area contributed by atoms with E-state index in [2.05, 4.69) is 9.55 Å². The Hall–Kier alpha value is -3.33. The van der Waals surface area contributed by atoms with Gasteiger partial charge in [0, 0.05) is 24.1 Å². The average molecular weight is 527 g/mol. The highest BCUT2D eigenvalue weighted by Crippen LogP contribution is 2.41. The lowest BCUT2D eigenvalue weighted by Crippen LogP contribution is -2.42. The first kappa shape index (κ1) is 25.3. The quantitative estimate of drug-likeness (QED) is 0.473. The number of ether oxygens (including phenoxy) is 2. The Bertz CT molecular complexity index is 1360. The molecule has 196 valence electrons. The number of nitrogens with zero attached hydrogens (tertiary/aromatic N) is 4. The summed E-state index contributed by atoms with van der Waals surface area (Å²) in [5.41, 5.74) is 4.36. The molecule has 1 N–H and O–H groups in total. The molecule has 1 aromatic carbocycles. The van der Waals surface area contributed by atoms with E-state index < -0.39 is 5.97 Å². The molecule has 0 spiro atoms. The van der Waals surface area contributed by atoms with Crippen molar-refractivity contribution in [3.05, 3.63) is 46.4 Å². The van der Waals surface area contributed by atoms with Crippen molar-refractivity contribution in [2.45, 2.75) is 64.0 Å². The van der Waals surface area contributed by atoms with Crippen LogP contribution in [-0.4, -0.2) is 52.0 Å². The van der Waals surface area contributed by atoms with Crippen LogP contribution in [0.15, 0.2) is 24.3 Å². The molecule has 1 aliphatic heterocycles. The maximum Gasteiger partial charge on any atom is 0.414 e. The van der Waals surface area contributed by atoms with Gasteiger partial charge in [-0.2, -0.15) is 0 Å². The van der Waals surface area contributed by atoms with Gasteiger partial charge >= 0.3 is 12.1 Å². The molecule has 0 radical (unpaired) electrons. The highest BCUT2D eigenvalue weighted by molar-refractivity contribution is 6.31. The third-order valence-corrected chi connectivity index (χ3v) is 7.95. The van der Waals surface area contributed by atoms with Crippen molar-refractivity contribution in [3.8, 4) is 5.88 Å². The van der Waals surface area contributed by atoms with Crippen LogP contribution < -0.4 is 9.64 Å². The minimum atomic E-state index is -0.750. The lowest BCUT2D eigenvalue weighted by Gasteiger charge is -2.34. The van der Waals surface area contributed by atoms with Crippen LogP contribution in [0.5, 0.6) is 5.88 Å². The number of carbonyl (C=O) groups excluding carboxylic acids is 1. The Morgan fingerprint density at radius 3 is 2.68 bits per heavy atom. The Labute approximate surface area is 220 Å². The van der Waals surface area contributed by atoms with Crippen molar-refractivity contribution >= 4 is 40.4 Å². The molecule has 1 saturated carbocycles. The number of hydrogen-bond acceptors (Lipinski definition) is 6. The minimum Gasteiger partial charge on any atom is -0.481 e. The van der Waals surface area contributed by atoms with E-state index in [1.54, 1.807) is 11.0 Å². The smallest absolute Gasteiger partial charge is 0.414 e. The largest absolute Gasteiger partial charge is 0.481 e. The molecule has 3 heterocycles. The maximum absolute atomic E-state index is 12.6. The fourth-order valence-corrected chi connectivity index (χ4v) is 6.03. The Kier molecular flexibility index (Phi) is 6.98. The van der Waals surface area contributed by atoms with E-state index in [0.29, 0.717) is 30.2 Å². The van der Waals surface area contributed by atoms with Gasteiger partial charge in [0.1, 0.15) is 10.8 Å². The molecule has 10 heteroatoms. The van der Waals surface area contributed by atoms with Gasteiger partial charge in [0.15, 0.2) is 0 Å². The number of aromatic nitrogens is 3. The number of carboxylic acid groups (broad SMARTS) is 1. The van der Waals surface area contributed by atoms with E-state index in [1.165, 1.54) is 14.2 Å². The average Bonchev–Trinajstić information content (AvgIpc) is 3.27. The number of pyridine rings is 1. The zero-order valence-electron chi connectivity index (χ0n) is 21.2. The van der Waals surface area contributed by atoms with Crippen LogP contribution in [0.2, 0.25) is 5.02 Å². The molecule has 9 nitrogen and oxygen atoms in total. The van der Waals surface area contributed by atoms with Crippen molar-refractivity contribution < 1.29 is 24.2 Å². The Balaban J connectivity index is 1.65. The van der Waals surface area contributed by atoms with Gasteiger partial charge in [-0.3, -0.25) is 9.69 Å². The van der Waals surface area contributed by atoms with E-state index in [-0.39, 0.29) is 24.1 Å². The third-order valence-electron chi connectivity index (χ3n) is 7.66. The van der Waals surface area contributed by atoms with Crippen LogP contribution in [0.25, 0.3) is 11.0 Å². The summed E-state index contributed by atoms with van der Waals surface area (Å²) in [6.45, 7) is 2.02. The number of benzene rings is 1. The van der Waals surface area contributed by atoms with Crippen molar-refractivity contribution in [1.82, 2.24) is 14.5 Å². The predicted molar refractivity (Wildman–Crippen MR) is 140 cm³/mol. The van der Waals surface area contributed by atoms with Gasteiger partial charge in [0.05, 0.1) is 42.6 Å². The molecule has 2 aromatic heterocycles. The van der Waals surface area contributed by atoms with Crippen LogP contribution >= 0.6 is 11.6 Å². The monoisotopic (exact) mass is 526 g/mol. The van der Waals surface area contributed by atoms with E-state index >= 15 is 0 Å². The standard InChI is InChI=1S/C27H31ClN4O5/c1-15-7-9-19-21(31(15)27(35)37-3)11-12-22-24(19)30-23(14-17-8-10-20(28)25(29-17)36-2)32(22)18-6-4-5-16(13-18)26(33)34/h8,10-12,15-16,18H,4-7,9,13-14H2,1-3H3,(H,33,34)/t15-,16?,18?/m0/s1. The van der Waals surface area contributed by atoms with E-state index in [1.807, 2.05) is 25.1 Å². The first-order valence-electron chi connectivity index (χ1n) is 12.6. The fourth-order valence-electron chi connectivity index (χ4n) is 5.84. The van der Waals surface area contributed by atoms with Crippen LogP contribution in [0.1, 0.15) is 62.2 Å². The Morgan fingerprint density at radius 1 is 1.14 bits per heavy atom. The van der Waals surface area contributed by atoms with Gasteiger partial charge in [0.25, 0.3) is 0 Å². The summed E-state index contributed by atoms with van der Waals surface area (Å²) < 4.78 is 12.6. The number of halogens is 1. The predicted octanol–water partition coefficient (Wildman–Crippen LogP) is 5.41. The lowest BCUT2D eigenvalue weighted by molar-refractivity contribution is -0.143. The molecule has 37 heavy (non-hydrogen) atoms. The van der Waals surface area contributed by atoms with Crippen molar-refractivity contribution in [2.75, 3.05) is 19.1 Å². The SMILES string of the molecule is COC(=O)N1c2ccc3c(nc(Cc4ccc(Cl)c(OC)n4)n3C3CCCC(C(=O)O)C3)c2CC[C@@H]1C. The second-order valence-electron chi connectivity index (χ2n) is 9.88. The normalized spacial score (nSPS) is 21.5. The molecule has 3 atom stereocenters. The minimum absolute atomic E-state index is 0.00122. The number of aryl methyl sites for hydroxylation is 1. The van der Waals surface area contributed by atoms with E-state index in [4.69, 9.17) is 26.1 Å². The second kappa shape index (κ2) is 10.2. The summed E-state index contributed by atoms with van der Waals surface area (Å²) in [5.74, 6) is 0.0241. The maximum atomic E-state index is 12.6. The number of carboxylic acids is 1. The van der Waals surface area contributed by atoms with Crippen molar-refractivity contribution in [3.63, 3.8) is 0 Å². The fraction of sp³-hybridized carbons (Fsp3) is 0.481. The number of methoxy groups -OCH3 is 2. The summed E-state index contributed by atoms with van der Waals surface area (Å²) >= 11 is 6.20. The summed E-state index contributed by atoms with van der Waals surface area (Å²) in [4.78, 5) is 35.8. The molecule has 2 aliphatic rings. The summed E-state index contributed by atoms with van der Waals surface area (Å²) in [6, 6.07) is 7.59. The molecule has 0 bridgehead atoms. The van der Waals surface area contributed by atoms with Gasteiger partial charge in [-0.05, 0) is 63.3 Å². The molecule has 1 amide bonds. The number of imidazole rings is 1. The van der Waals surface area contributed by atoms with Gasteiger partial charge in [-0.1, -0.05) is 18.0 Å². The van der Waals surface area contributed by atoms with Gasteiger partial charge in [-0.15, -0.1) is 0 Å². The van der Waals surface area contributed by atoms with E-state index in [9.17, 15) is 14.7 Å². The highest BCUT2D eigenvalue weighted by Gasteiger charge is 2.34. The van der Waals surface area contributed by atoms with Gasteiger partial charge in [-0.25, -0.2) is 14.8 Å². The first-order chi connectivity index (χ1) is 17.8. The molecule has 3 aromatic rings. The summed E-state index contributed by atoms with van der Waals surface area (Å²) in [7, 11) is 2.92. The number of carbonyl (C=O) groups is 2. The van der Waals surface area contributed by atoms with Crippen molar-refractivity contribution in [2.24, 2.45) is 5.92 Å². The van der Waals surface area contributed by atoms with Crippen LogP contribution in [0.4, 0.5) is 10.5 Å². The summed E-state index contributed by atoms with van der Waals surface area (Å²) in [5, 5.41) is 10.2. The highest BCUT2D eigenvalue weighted by atomic mass is 35.5. The van der Waals surface area contributed by atoms with Crippen LogP contribution in [0.3, 0.4) is 0 Å². The van der Waals surface area contributed by atoms with Crippen LogP contribution in [-0.2, 0) is 22.4 Å². The zero-order chi connectivity index (χ0) is 26.3.